The van der Waals surface area contributed by atoms with E-state index in [-0.39, 0.29) is 11.8 Å². The molecule has 1 aliphatic rings. The third kappa shape index (κ3) is 3.22. The van der Waals surface area contributed by atoms with Crippen LogP contribution in [-0.4, -0.2) is 48.0 Å². The molecule has 1 aliphatic heterocycles. The van der Waals surface area contributed by atoms with Gasteiger partial charge in [0.15, 0.2) is 0 Å². The lowest BCUT2D eigenvalue weighted by atomic mass is 9.98. The van der Waals surface area contributed by atoms with E-state index in [9.17, 15) is 4.79 Å². The Kier molecular flexibility index (Phi) is 4.71. The van der Waals surface area contributed by atoms with Crippen LogP contribution in [0.2, 0.25) is 5.02 Å². The molecule has 1 aromatic heterocycles. The molecule has 0 spiro atoms. The van der Waals surface area contributed by atoms with Crippen molar-refractivity contribution in [1.29, 1.82) is 0 Å². The number of benzene rings is 1. The summed E-state index contributed by atoms with van der Waals surface area (Å²) in [5.74, 6) is 0.886. The van der Waals surface area contributed by atoms with Gasteiger partial charge in [0.1, 0.15) is 0 Å². The van der Waals surface area contributed by atoms with Crippen molar-refractivity contribution in [3.63, 3.8) is 0 Å². The zero-order valence-electron chi connectivity index (χ0n) is 14.2. The fourth-order valence-electron chi connectivity index (χ4n) is 3.06. The molecule has 2 aromatic rings. The van der Waals surface area contributed by atoms with Gasteiger partial charge in [-0.15, -0.1) is 0 Å². The molecule has 126 valence electrons. The van der Waals surface area contributed by atoms with Gasteiger partial charge < -0.3 is 9.80 Å². The second kappa shape index (κ2) is 6.77. The van der Waals surface area contributed by atoms with Crippen LogP contribution >= 0.6 is 11.6 Å². The Hall–Kier alpha value is -2.14. The molecule has 1 fully saturated rings. The summed E-state index contributed by atoms with van der Waals surface area (Å²) in [6, 6.07) is 7.86. The average Bonchev–Trinajstić information content (AvgIpc) is 3.04. The maximum atomic E-state index is 12.8. The lowest BCUT2D eigenvalue weighted by Crippen LogP contribution is -2.29. The van der Waals surface area contributed by atoms with Crippen molar-refractivity contribution in [2.24, 2.45) is 0 Å². The summed E-state index contributed by atoms with van der Waals surface area (Å²) >= 11 is 6.29. The molecule has 1 atom stereocenters. The first kappa shape index (κ1) is 16.7. The Labute approximate surface area is 147 Å². The first-order chi connectivity index (χ1) is 11.5. The number of aromatic nitrogens is 2. The minimum Gasteiger partial charge on any atom is -0.347 e. The van der Waals surface area contributed by atoms with Gasteiger partial charge in [0.25, 0.3) is 5.91 Å². The average molecular weight is 345 g/mol. The van der Waals surface area contributed by atoms with Crippen molar-refractivity contribution in [3.05, 3.63) is 52.3 Å². The predicted molar refractivity (Wildman–Crippen MR) is 95.8 cm³/mol. The van der Waals surface area contributed by atoms with Crippen LogP contribution in [0.25, 0.3) is 0 Å². The second-order valence-corrected chi connectivity index (χ2v) is 6.73. The standard InChI is InChI=1S/C18H21ClN4O/c1-12-15(10-20-18(21-12)22(2)3)17(24)23-9-8-13(11-23)14-6-4-5-7-16(14)19/h4-7,10,13H,8-9,11H2,1-3H3/t13-/m1/s1. The Bertz CT molecular complexity index is 762. The van der Waals surface area contributed by atoms with Gasteiger partial charge in [0.2, 0.25) is 5.95 Å². The lowest BCUT2D eigenvalue weighted by molar-refractivity contribution is 0.0789. The Morgan fingerprint density at radius 2 is 2.08 bits per heavy atom. The van der Waals surface area contributed by atoms with Gasteiger partial charge in [-0.3, -0.25) is 4.79 Å². The van der Waals surface area contributed by atoms with Crippen LogP contribution in [0.4, 0.5) is 5.95 Å². The number of aryl methyl sites for hydroxylation is 1. The minimum atomic E-state index is -0.00707. The van der Waals surface area contributed by atoms with Gasteiger partial charge in [-0.25, -0.2) is 9.97 Å². The van der Waals surface area contributed by atoms with Crippen molar-refractivity contribution in [2.45, 2.75) is 19.3 Å². The number of amides is 1. The molecular weight excluding hydrogens is 324 g/mol. The summed E-state index contributed by atoms with van der Waals surface area (Å²) in [6.07, 6.45) is 2.55. The molecule has 6 heteroatoms. The maximum Gasteiger partial charge on any atom is 0.257 e. The summed E-state index contributed by atoms with van der Waals surface area (Å²) < 4.78 is 0. The molecule has 0 unspecified atom stereocenters. The molecule has 3 rings (SSSR count). The molecule has 0 aliphatic carbocycles. The van der Waals surface area contributed by atoms with Crippen LogP contribution in [-0.2, 0) is 0 Å². The van der Waals surface area contributed by atoms with Gasteiger partial charge in [-0.05, 0) is 25.0 Å². The third-order valence-electron chi connectivity index (χ3n) is 4.42. The van der Waals surface area contributed by atoms with E-state index in [2.05, 4.69) is 9.97 Å². The van der Waals surface area contributed by atoms with Crippen molar-refractivity contribution in [1.82, 2.24) is 14.9 Å². The van der Waals surface area contributed by atoms with Gasteiger partial charge in [0.05, 0.1) is 11.3 Å². The number of carbonyl (C=O) groups excluding carboxylic acids is 1. The summed E-state index contributed by atoms with van der Waals surface area (Å²) in [4.78, 5) is 25.2. The van der Waals surface area contributed by atoms with Crippen molar-refractivity contribution in [3.8, 4) is 0 Å². The normalized spacial score (nSPS) is 17.2. The van der Waals surface area contributed by atoms with Crippen LogP contribution in [0, 0.1) is 6.92 Å². The van der Waals surface area contributed by atoms with E-state index < -0.39 is 0 Å². The van der Waals surface area contributed by atoms with Gasteiger partial charge >= 0.3 is 0 Å². The van der Waals surface area contributed by atoms with E-state index in [1.54, 1.807) is 6.20 Å². The van der Waals surface area contributed by atoms with Gasteiger partial charge in [-0.1, -0.05) is 29.8 Å². The van der Waals surface area contributed by atoms with Crippen LogP contribution in [0.5, 0.6) is 0 Å². The highest BCUT2D eigenvalue weighted by Crippen LogP contribution is 2.32. The highest BCUT2D eigenvalue weighted by Gasteiger charge is 2.30. The molecule has 0 radical (unpaired) electrons. The summed E-state index contributed by atoms with van der Waals surface area (Å²) in [7, 11) is 3.76. The predicted octanol–water partition coefficient (Wildman–Crippen LogP) is 3.13. The number of carbonyl (C=O) groups is 1. The van der Waals surface area contributed by atoms with E-state index in [1.807, 2.05) is 55.1 Å². The molecule has 24 heavy (non-hydrogen) atoms. The van der Waals surface area contributed by atoms with Crippen molar-refractivity contribution >= 4 is 23.5 Å². The van der Waals surface area contributed by atoms with E-state index >= 15 is 0 Å². The number of anilines is 1. The number of hydrogen-bond acceptors (Lipinski definition) is 4. The SMILES string of the molecule is Cc1nc(N(C)C)ncc1C(=O)N1CC[C@@H](c2ccccc2Cl)C1. The smallest absolute Gasteiger partial charge is 0.257 e. The highest BCUT2D eigenvalue weighted by molar-refractivity contribution is 6.31. The van der Waals surface area contributed by atoms with E-state index in [0.717, 1.165) is 23.6 Å². The number of hydrogen-bond donors (Lipinski definition) is 0. The monoisotopic (exact) mass is 344 g/mol. The minimum absolute atomic E-state index is 0.00707. The molecule has 1 aromatic carbocycles. The molecule has 0 bridgehead atoms. The third-order valence-corrected chi connectivity index (χ3v) is 4.76. The van der Waals surface area contributed by atoms with Crippen molar-refractivity contribution in [2.75, 3.05) is 32.1 Å². The highest BCUT2D eigenvalue weighted by atomic mass is 35.5. The number of likely N-dealkylation sites (tertiary alicyclic amines) is 1. The second-order valence-electron chi connectivity index (χ2n) is 6.32. The first-order valence-corrected chi connectivity index (χ1v) is 8.40. The molecule has 0 saturated carbocycles. The van der Waals surface area contributed by atoms with Crippen LogP contribution in [0.15, 0.2) is 30.5 Å². The fourth-order valence-corrected chi connectivity index (χ4v) is 3.35. The number of rotatable bonds is 3. The van der Waals surface area contributed by atoms with E-state index in [1.165, 1.54) is 0 Å². The zero-order chi connectivity index (χ0) is 17.3. The molecular formula is C18H21ClN4O. The van der Waals surface area contributed by atoms with Crippen LogP contribution in [0.3, 0.4) is 0 Å². The molecule has 2 heterocycles. The molecule has 1 amide bonds. The number of nitrogens with zero attached hydrogens (tertiary/aromatic N) is 4. The zero-order valence-corrected chi connectivity index (χ0v) is 14.9. The lowest BCUT2D eigenvalue weighted by Gasteiger charge is -2.19. The largest absolute Gasteiger partial charge is 0.347 e. The van der Waals surface area contributed by atoms with Crippen LogP contribution in [0.1, 0.15) is 34.0 Å². The fraction of sp³-hybridized carbons (Fsp3) is 0.389. The quantitative estimate of drug-likeness (QED) is 0.858. The van der Waals surface area contributed by atoms with Gasteiger partial charge in [-0.2, -0.15) is 0 Å². The Morgan fingerprint density at radius 1 is 1.33 bits per heavy atom. The first-order valence-electron chi connectivity index (χ1n) is 8.02. The Balaban J connectivity index is 1.76. The summed E-state index contributed by atoms with van der Waals surface area (Å²) in [5, 5.41) is 0.770. The van der Waals surface area contributed by atoms with E-state index in [4.69, 9.17) is 11.6 Å². The van der Waals surface area contributed by atoms with Crippen LogP contribution < -0.4 is 4.90 Å². The molecule has 0 N–H and O–H groups in total. The maximum absolute atomic E-state index is 12.8. The summed E-state index contributed by atoms with van der Waals surface area (Å²) in [6.45, 7) is 3.25. The number of halogens is 1. The summed E-state index contributed by atoms with van der Waals surface area (Å²) in [5.41, 5.74) is 2.39. The van der Waals surface area contributed by atoms with E-state index in [0.29, 0.717) is 23.8 Å². The molecule has 5 nitrogen and oxygen atoms in total. The molecule has 1 saturated heterocycles. The Morgan fingerprint density at radius 3 is 2.75 bits per heavy atom. The van der Waals surface area contributed by atoms with Crippen molar-refractivity contribution < 1.29 is 4.79 Å². The van der Waals surface area contributed by atoms with Gasteiger partial charge in [0, 0.05) is 44.3 Å². The topological polar surface area (TPSA) is 49.3 Å².